The van der Waals surface area contributed by atoms with Gasteiger partial charge in [0, 0.05) is 16.5 Å². The Bertz CT molecular complexity index is 574. The van der Waals surface area contributed by atoms with Gasteiger partial charge in [-0.25, -0.2) is 0 Å². The van der Waals surface area contributed by atoms with Gasteiger partial charge in [-0.2, -0.15) is 13.2 Å². The Balaban J connectivity index is 2.49. The lowest BCUT2D eigenvalue weighted by molar-refractivity contribution is -0.137. The fourth-order valence-electron chi connectivity index (χ4n) is 1.83. The van der Waals surface area contributed by atoms with E-state index >= 15 is 0 Å². The molecule has 0 nitrogen and oxygen atoms in total. The molecule has 0 aliphatic heterocycles. The monoisotopic (exact) mass is 304 g/mol. The zero-order valence-corrected chi connectivity index (χ0v) is 11.2. The number of benzene rings is 2. The third kappa shape index (κ3) is 3.04. The first-order chi connectivity index (χ1) is 8.93. The van der Waals surface area contributed by atoms with Crippen molar-refractivity contribution in [3.8, 4) is 11.1 Å². The third-order valence-electron chi connectivity index (χ3n) is 2.74. The standard InChI is InChI=1S/C14H9Cl2F3/c15-8-10-2-1-3-12(16)13(10)9-4-6-11(7-5-9)14(17,18)19/h1-7H,8H2. The van der Waals surface area contributed by atoms with Crippen LogP contribution in [0.5, 0.6) is 0 Å². The van der Waals surface area contributed by atoms with Crippen molar-refractivity contribution in [3.05, 3.63) is 58.6 Å². The van der Waals surface area contributed by atoms with Gasteiger partial charge in [-0.15, -0.1) is 11.6 Å². The summed E-state index contributed by atoms with van der Waals surface area (Å²) in [6.07, 6.45) is -4.34. The Morgan fingerprint density at radius 1 is 0.947 bits per heavy atom. The van der Waals surface area contributed by atoms with Crippen molar-refractivity contribution < 1.29 is 13.2 Å². The summed E-state index contributed by atoms with van der Waals surface area (Å²) in [6.45, 7) is 0. The summed E-state index contributed by atoms with van der Waals surface area (Å²) in [4.78, 5) is 0. The predicted octanol–water partition coefficient (Wildman–Crippen LogP) is 5.76. The van der Waals surface area contributed by atoms with Crippen molar-refractivity contribution in [2.24, 2.45) is 0 Å². The summed E-state index contributed by atoms with van der Waals surface area (Å²) in [5, 5.41) is 0.470. The summed E-state index contributed by atoms with van der Waals surface area (Å²) in [5.41, 5.74) is 1.40. The van der Waals surface area contributed by atoms with Crippen molar-refractivity contribution in [1.82, 2.24) is 0 Å². The van der Waals surface area contributed by atoms with Crippen molar-refractivity contribution in [2.75, 3.05) is 0 Å². The first-order valence-electron chi connectivity index (χ1n) is 5.44. The molecule has 2 aromatic carbocycles. The highest BCUT2D eigenvalue weighted by Crippen LogP contribution is 2.35. The third-order valence-corrected chi connectivity index (χ3v) is 3.35. The van der Waals surface area contributed by atoms with Crippen LogP contribution in [0.4, 0.5) is 13.2 Å². The van der Waals surface area contributed by atoms with Crippen LogP contribution >= 0.6 is 23.2 Å². The maximum atomic E-state index is 12.5. The van der Waals surface area contributed by atoms with Crippen molar-refractivity contribution >= 4 is 23.2 Å². The molecule has 0 spiro atoms. The van der Waals surface area contributed by atoms with Crippen LogP contribution < -0.4 is 0 Å². The van der Waals surface area contributed by atoms with Gasteiger partial charge in [-0.1, -0.05) is 35.9 Å². The quantitative estimate of drug-likeness (QED) is 0.618. The van der Waals surface area contributed by atoms with Gasteiger partial charge in [0.05, 0.1) is 5.56 Å². The molecule has 5 heteroatoms. The van der Waals surface area contributed by atoms with E-state index in [1.807, 2.05) is 0 Å². The van der Waals surface area contributed by atoms with Gasteiger partial charge in [0.2, 0.25) is 0 Å². The zero-order valence-electron chi connectivity index (χ0n) is 9.64. The van der Waals surface area contributed by atoms with E-state index < -0.39 is 11.7 Å². The van der Waals surface area contributed by atoms with Crippen LogP contribution in [-0.4, -0.2) is 0 Å². The zero-order chi connectivity index (χ0) is 14.0. The lowest BCUT2D eigenvalue weighted by Crippen LogP contribution is -2.04. The van der Waals surface area contributed by atoms with Crippen LogP contribution in [0.25, 0.3) is 11.1 Å². The average molecular weight is 305 g/mol. The highest BCUT2D eigenvalue weighted by Gasteiger charge is 2.30. The molecule has 0 heterocycles. The maximum Gasteiger partial charge on any atom is 0.416 e. The number of halogens is 5. The lowest BCUT2D eigenvalue weighted by atomic mass is 9.99. The van der Waals surface area contributed by atoms with Crippen LogP contribution in [0, 0.1) is 0 Å². The molecule has 100 valence electrons. The molecule has 0 aliphatic carbocycles. The Morgan fingerprint density at radius 2 is 1.58 bits per heavy atom. The molecule has 0 aromatic heterocycles. The highest BCUT2D eigenvalue weighted by molar-refractivity contribution is 6.33. The van der Waals surface area contributed by atoms with Gasteiger partial charge >= 0.3 is 6.18 Å². The highest BCUT2D eigenvalue weighted by atomic mass is 35.5. The minimum absolute atomic E-state index is 0.247. The first-order valence-corrected chi connectivity index (χ1v) is 6.35. The molecule has 0 bridgehead atoms. The summed E-state index contributed by atoms with van der Waals surface area (Å²) in [5.74, 6) is 0.247. The molecular formula is C14H9Cl2F3. The van der Waals surface area contributed by atoms with E-state index in [0.29, 0.717) is 16.1 Å². The fraction of sp³-hybridized carbons (Fsp3) is 0.143. The van der Waals surface area contributed by atoms with Crippen molar-refractivity contribution in [1.29, 1.82) is 0 Å². The SMILES string of the molecule is FC(F)(F)c1ccc(-c2c(Cl)cccc2CCl)cc1. The van der Waals surface area contributed by atoms with Gasteiger partial charge in [0.1, 0.15) is 0 Å². The minimum Gasteiger partial charge on any atom is -0.166 e. The number of hydrogen-bond donors (Lipinski definition) is 0. The molecule has 2 aromatic rings. The average Bonchev–Trinajstić information content (AvgIpc) is 2.37. The van der Waals surface area contributed by atoms with Crippen molar-refractivity contribution in [2.45, 2.75) is 12.1 Å². The van der Waals surface area contributed by atoms with Gasteiger partial charge in [-0.3, -0.25) is 0 Å². The molecule has 0 amide bonds. The van der Waals surface area contributed by atoms with Crippen molar-refractivity contribution in [3.63, 3.8) is 0 Å². The Labute approximate surface area is 118 Å². The largest absolute Gasteiger partial charge is 0.416 e. The second kappa shape index (κ2) is 5.43. The molecule has 0 radical (unpaired) electrons. The summed E-state index contributed by atoms with van der Waals surface area (Å²) in [7, 11) is 0. The normalized spacial score (nSPS) is 11.6. The van der Waals surface area contributed by atoms with Gasteiger partial charge in [-0.05, 0) is 29.3 Å². The first kappa shape index (κ1) is 14.2. The molecule has 0 saturated carbocycles. The maximum absolute atomic E-state index is 12.5. The smallest absolute Gasteiger partial charge is 0.166 e. The van der Waals surface area contributed by atoms with Crippen LogP contribution in [0.3, 0.4) is 0 Å². The van der Waals surface area contributed by atoms with E-state index in [0.717, 1.165) is 17.7 Å². The molecule has 0 saturated heterocycles. The molecule has 0 fully saturated rings. The van der Waals surface area contributed by atoms with Gasteiger partial charge < -0.3 is 0 Å². The second-order valence-electron chi connectivity index (χ2n) is 3.98. The summed E-state index contributed by atoms with van der Waals surface area (Å²) >= 11 is 11.9. The Kier molecular flexibility index (Phi) is 4.07. The summed E-state index contributed by atoms with van der Waals surface area (Å²) < 4.78 is 37.5. The molecule has 0 N–H and O–H groups in total. The topological polar surface area (TPSA) is 0 Å². The predicted molar refractivity (Wildman–Crippen MR) is 71.4 cm³/mol. The van der Waals surface area contributed by atoms with E-state index in [1.165, 1.54) is 12.1 Å². The van der Waals surface area contributed by atoms with Gasteiger partial charge in [0.25, 0.3) is 0 Å². The number of rotatable bonds is 2. The van der Waals surface area contributed by atoms with Crippen LogP contribution in [0.1, 0.15) is 11.1 Å². The number of hydrogen-bond acceptors (Lipinski definition) is 0. The van der Waals surface area contributed by atoms with E-state index in [9.17, 15) is 13.2 Å². The van der Waals surface area contributed by atoms with E-state index in [1.54, 1.807) is 18.2 Å². The fourth-order valence-corrected chi connectivity index (χ4v) is 2.36. The molecular weight excluding hydrogens is 296 g/mol. The molecule has 2 rings (SSSR count). The van der Waals surface area contributed by atoms with Gasteiger partial charge in [0.15, 0.2) is 0 Å². The lowest BCUT2D eigenvalue weighted by Gasteiger charge is -2.11. The molecule has 0 atom stereocenters. The van der Waals surface area contributed by atoms with Crippen LogP contribution in [0.15, 0.2) is 42.5 Å². The number of alkyl halides is 4. The Hall–Kier alpha value is -1.19. The molecule has 0 aliphatic rings. The second-order valence-corrected chi connectivity index (χ2v) is 4.66. The minimum atomic E-state index is -4.34. The van der Waals surface area contributed by atoms with Crippen LogP contribution in [0.2, 0.25) is 5.02 Å². The van der Waals surface area contributed by atoms with Crippen LogP contribution in [-0.2, 0) is 12.1 Å². The van der Waals surface area contributed by atoms with E-state index in [-0.39, 0.29) is 5.88 Å². The van der Waals surface area contributed by atoms with E-state index in [2.05, 4.69) is 0 Å². The Morgan fingerprint density at radius 3 is 2.11 bits per heavy atom. The molecule has 19 heavy (non-hydrogen) atoms. The van der Waals surface area contributed by atoms with E-state index in [4.69, 9.17) is 23.2 Å². The molecule has 0 unspecified atom stereocenters. The summed E-state index contributed by atoms with van der Waals surface area (Å²) in [6, 6.07) is 10.1.